The van der Waals surface area contributed by atoms with E-state index in [1.54, 1.807) is 48.5 Å². The molecule has 1 heterocycles. The molecule has 0 atom stereocenters. The van der Waals surface area contributed by atoms with Crippen molar-refractivity contribution in [1.82, 2.24) is 0 Å². The molecule has 0 amide bonds. The second-order valence-corrected chi connectivity index (χ2v) is 7.46. The Morgan fingerprint density at radius 3 is 1.69 bits per heavy atom. The molecule has 2 aromatic carbocycles. The maximum atomic E-state index is 12.3. The molecule has 0 spiro atoms. The van der Waals surface area contributed by atoms with Crippen molar-refractivity contribution in [2.24, 2.45) is 0 Å². The van der Waals surface area contributed by atoms with E-state index in [1.165, 1.54) is 0 Å². The Bertz CT molecular complexity index is 608. The molecule has 0 unspecified atom stereocenters. The fourth-order valence-corrected chi connectivity index (χ4v) is 4.90. The van der Waals surface area contributed by atoms with E-state index >= 15 is 0 Å². The van der Waals surface area contributed by atoms with E-state index in [9.17, 15) is 7.67 Å². The number of rotatable bonds is 0. The van der Waals surface area contributed by atoms with Crippen molar-refractivity contribution in [2.45, 2.75) is 0 Å². The fraction of sp³-hybridized carbons (Fsp3) is 0. The van der Waals surface area contributed by atoms with E-state index in [-0.39, 0.29) is 0 Å². The quantitative estimate of drug-likeness (QED) is 0.581. The van der Waals surface area contributed by atoms with E-state index in [0.29, 0.717) is 20.4 Å². The van der Waals surface area contributed by atoms with Crippen LogP contribution in [0, 0.1) is 0 Å². The first kappa shape index (κ1) is 9.58. The summed E-state index contributed by atoms with van der Waals surface area (Å²) in [5, 5.41) is 0. The first-order valence-corrected chi connectivity index (χ1v) is 7.92. The predicted octanol–water partition coefficient (Wildman–Crippen LogP) is 1.21. The van der Waals surface area contributed by atoms with Crippen LogP contribution in [0.4, 0.5) is 0 Å². The summed E-state index contributed by atoms with van der Waals surface area (Å²) in [4.78, 5) is 0. The number of para-hydroxylation sites is 2. The molecule has 0 saturated carbocycles. The minimum absolute atomic E-state index is 0.303. The van der Waals surface area contributed by atoms with Crippen LogP contribution in [0.5, 0.6) is 11.5 Å². The molecule has 0 aromatic heterocycles. The molecular weight excluding hydrogens is 271 g/mol. The number of fused-ring (bicyclic) bond motifs is 2. The van der Waals surface area contributed by atoms with Crippen molar-refractivity contribution >= 4 is 21.6 Å². The standard InChI is InChI=1S/C12H8O3Se/c13-16(14)11-7-3-1-5-9(11)15-10-6-2-4-8-12(10)16/h1-8H. The number of ether oxygens (including phenoxy) is 1. The van der Waals surface area contributed by atoms with Crippen molar-refractivity contribution in [3.8, 4) is 11.5 Å². The molecule has 3 rings (SSSR count). The van der Waals surface area contributed by atoms with E-state index < -0.39 is 12.7 Å². The van der Waals surface area contributed by atoms with E-state index in [1.807, 2.05) is 0 Å². The van der Waals surface area contributed by atoms with E-state index in [0.717, 1.165) is 0 Å². The van der Waals surface area contributed by atoms with Gasteiger partial charge in [-0.3, -0.25) is 0 Å². The van der Waals surface area contributed by atoms with Crippen molar-refractivity contribution in [3.05, 3.63) is 48.5 Å². The fourth-order valence-electron chi connectivity index (χ4n) is 1.75. The third-order valence-electron chi connectivity index (χ3n) is 2.50. The third-order valence-corrected chi connectivity index (χ3v) is 6.34. The van der Waals surface area contributed by atoms with Crippen LogP contribution < -0.4 is 13.7 Å². The second-order valence-electron chi connectivity index (χ2n) is 3.50. The first-order valence-electron chi connectivity index (χ1n) is 4.80. The predicted molar refractivity (Wildman–Crippen MR) is 59.4 cm³/mol. The molecule has 0 radical (unpaired) electrons. The summed E-state index contributed by atoms with van der Waals surface area (Å²) in [7, 11) is 0. The summed E-state index contributed by atoms with van der Waals surface area (Å²) >= 11 is -4.25. The Morgan fingerprint density at radius 2 is 1.19 bits per heavy atom. The second kappa shape index (κ2) is 3.17. The van der Waals surface area contributed by atoms with Gasteiger partial charge in [-0.1, -0.05) is 0 Å². The van der Waals surface area contributed by atoms with E-state index in [4.69, 9.17) is 4.74 Å². The summed E-state index contributed by atoms with van der Waals surface area (Å²) in [6.07, 6.45) is 0. The molecule has 0 bridgehead atoms. The molecule has 1 aliphatic heterocycles. The normalized spacial score (nSPS) is 15.8. The van der Waals surface area contributed by atoms with Crippen LogP contribution in [0.2, 0.25) is 0 Å². The first-order chi connectivity index (χ1) is 7.69. The minimum atomic E-state index is -4.25. The zero-order valence-electron chi connectivity index (χ0n) is 8.25. The van der Waals surface area contributed by atoms with Gasteiger partial charge in [-0.15, -0.1) is 0 Å². The Kier molecular flexibility index (Phi) is 1.90. The van der Waals surface area contributed by atoms with Crippen molar-refractivity contribution in [3.63, 3.8) is 0 Å². The van der Waals surface area contributed by atoms with Crippen molar-refractivity contribution in [1.29, 1.82) is 0 Å². The van der Waals surface area contributed by atoms with Gasteiger partial charge in [0.05, 0.1) is 0 Å². The summed E-state index contributed by atoms with van der Waals surface area (Å²) in [5.41, 5.74) is 0. The molecule has 0 fully saturated rings. The van der Waals surface area contributed by atoms with Crippen LogP contribution in [0.3, 0.4) is 0 Å². The van der Waals surface area contributed by atoms with Crippen molar-refractivity contribution < 1.29 is 12.4 Å². The van der Waals surface area contributed by atoms with Crippen molar-refractivity contribution in [2.75, 3.05) is 0 Å². The molecule has 16 heavy (non-hydrogen) atoms. The summed E-state index contributed by atoms with van der Waals surface area (Å²) in [5.74, 6) is 0.845. The van der Waals surface area contributed by atoms with E-state index in [2.05, 4.69) is 0 Å². The van der Waals surface area contributed by atoms with Gasteiger partial charge in [-0.2, -0.15) is 0 Å². The third kappa shape index (κ3) is 1.21. The van der Waals surface area contributed by atoms with Gasteiger partial charge in [-0.25, -0.2) is 0 Å². The van der Waals surface area contributed by atoms with Gasteiger partial charge in [0.25, 0.3) is 0 Å². The van der Waals surface area contributed by atoms with Gasteiger partial charge in [0.15, 0.2) is 0 Å². The van der Waals surface area contributed by atoms with Crippen LogP contribution in [-0.2, 0) is 7.67 Å². The Hall–Kier alpha value is -1.64. The van der Waals surface area contributed by atoms with Gasteiger partial charge in [-0.05, 0) is 0 Å². The summed E-state index contributed by atoms with van der Waals surface area (Å²) in [6.45, 7) is 0. The molecule has 80 valence electrons. The van der Waals surface area contributed by atoms with Gasteiger partial charge in [0, 0.05) is 0 Å². The average Bonchev–Trinajstić information content (AvgIpc) is 2.29. The average molecular weight is 279 g/mol. The van der Waals surface area contributed by atoms with Gasteiger partial charge >= 0.3 is 94.1 Å². The zero-order chi connectivity index (χ0) is 11.2. The van der Waals surface area contributed by atoms with Crippen LogP contribution in [0.15, 0.2) is 48.5 Å². The molecule has 0 saturated heterocycles. The Labute approximate surface area is 94.3 Å². The molecule has 3 nitrogen and oxygen atoms in total. The van der Waals surface area contributed by atoms with Gasteiger partial charge in [0.1, 0.15) is 0 Å². The molecule has 0 aliphatic carbocycles. The van der Waals surface area contributed by atoms with Crippen LogP contribution >= 0.6 is 0 Å². The monoisotopic (exact) mass is 280 g/mol. The van der Waals surface area contributed by atoms with Gasteiger partial charge < -0.3 is 0 Å². The van der Waals surface area contributed by atoms with Crippen LogP contribution in [0.25, 0.3) is 0 Å². The topological polar surface area (TPSA) is 43.4 Å². The number of hydrogen-bond donors (Lipinski definition) is 0. The SMILES string of the molecule is O=[Se]1(=O)c2ccccc2Oc2ccccc21. The summed E-state index contributed by atoms with van der Waals surface area (Å²) < 4.78 is 30.7. The van der Waals surface area contributed by atoms with Crippen LogP contribution in [0.1, 0.15) is 0 Å². The molecule has 4 heteroatoms. The zero-order valence-corrected chi connectivity index (χ0v) is 9.96. The Balaban J connectivity index is 2.37. The maximum absolute atomic E-state index is 12.3. The van der Waals surface area contributed by atoms with Crippen LogP contribution in [-0.4, -0.2) is 12.7 Å². The molecule has 2 aromatic rings. The van der Waals surface area contributed by atoms with Gasteiger partial charge in [0.2, 0.25) is 0 Å². The number of benzene rings is 2. The molecule has 1 aliphatic rings. The number of hydrogen-bond acceptors (Lipinski definition) is 3. The molecule has 0 N–H and O–H groups in total. The molecular formula is C12H8O3Se. The Morgan fingerprint density at radius 1 is 0.750 bits per heavy atom. The summed E-state index contributed by atoms with van der Waals surface area (Å²) in [6, 6.07) is 13.5.